The van der Waals surface area contributed by atoms with E-state index in [2.05, 4.69) is 10.1 Å². The zero-order chi connectivity index (χ0) is 16.3. The van der Waals surface area contributed by atoms with Gasteiger partial charge in [0.15, 0.2) is 5.82 Å². The molecular formula is C16H20FN3O2. The predicted octanol–water partition coefficient (Wildman–Crippen LogP) is 3.56. The fourth-order valence-electron chi connectivity index (χ4n) is 1.98. The van der Waals surface area contributed by atoms with Crippen LogP contribution >= 0.6 is 0 Å². The number of benzene rings is 1. The lowest BCUT2D eigenvalue weighted by Crippen LogP contribution is -2.16. The summed E-state index contributed by atoms with van der Waals surface area (Å²) >= 11 is 0. The summed E-state index contributed by atoms with van der Waals surface area (Å²) in [5.74, 6) is -0.109. The number of hydrogen-bond donors (Lipinski definition) is 0. The van der Waals surface area contributed by atoms with Crippen LogP contribution in [0.2, 0.25) is 0 Å². The second-order valence-corrected chi connectivity index (χ2v) is 5.80. The first-order valence-corrected chi connectivity index (χ1v) is 7.29. The summed E-state index contributed by atoms with van der Waals surface area (Å²) in [6.45, 7) is 7.58. The monoisotopic (exact) mass is 305 g/mol. The molecule has 0 radical (unpaired) electrons. The molecule has 6 heteroatoms. The van der Waals surface area contributed by atoms with Crippen LogP contribution in [0.25, 0.3) is 11.4 Å². The highest BCUT2D eigenvalue weighted by atomic mass is 19.1. The molecule has 0 saturated heterocycles. The summed E-state index contributed by atoms with van der Waals surface area (Å²) in [5, 5.41) is 4.12. The lowest BCUT2D eigenvalue weighted by atomic mass is 10.1. The molecule has 0 aliphatic heterocycles. The molecule has 0 N–H and O–H groups in total. The standard InChI is InChI=1S/C16H20FN3O2/c1-10(2)8-14(21)20-15(12-6-5-7-13(17)9-12)18-16(19-20)22-11(3)4/h5-7,9-11H,8H2,1-4H3. The van der Waals surface area contributed by atoms with Gasteiger partial charge in [0.25, 0.3) is 0 Å². The molecule has 0 aliphatic rings. The maximum atomic E-state index is 13.4. The van der Waals surface area contributed by atoms with Crippen molar-refractivity contribution in [3.8, 4) is 17.4 Å². The summed E-state index contributed by atoms with van der Waals surface area (Å²) in [6, 6.07) is 6.03. The van der Waals surface area contributed by atoms with Gasteiger partial charge in [-0.05, 0) is 31.9 Å². The lowest BCUT2D eigenvalue weighted by Gasteiger charge is -2.06. The van der Waals surface area contributed by atoms with Crippen molar-refractivity contribution < 1.29 is 13.9 Å². The highest BCUT2D eigenvalue weighted by molar-refractivity contribution is 5.82. The van der Waals surface area contributed by atoms with Gasteiger partial charge in [-0.1, -0.05) is 26.0 Å². The van der Waals surface area contributed by atoms with Gasteiger partial charge in [-0.15, -0.1) is 5.10 Å². The van der Waals surface area contributed by atoms with Crippen molar-refractivity contribution in [2.75, 3.05) is 0 Å². The molecule has 0 saturated carbocycles. The van der Waals surface area contributed by atoms with Crippen molar-refractivity contribution in [3.05, 3.63) is 30.1 Å². The average Bonchev–Trinajstić information content (AvgIpc) is 2.81. The number of carbonyl (C=O) groups is 1. The summed E-state index contributed by atoms with van der Waals surface area (Å²) in [4.78, 5) is 16.6. The Morgan fingerprint density at radius 2 is 2.05 bits per heavy atom. The Balaban J connectivity index is 2.45. The molecule has 5 nitrogen and oxygen atoms in total. The van der Waals surface area contributed by atoms with E-state index in [4.69, 9.17) is 4.74 Å². The Kier molecular flexibility index (Phi) is 4.90. The van der Waals surface area contributed by atoms with Crippen molar-refractivity contribution >= 4 is 5.91 Å². The molecule has 0 unspecified atom stereocenters. The maximum Gasteiger partial charge on any atom is 0.336 e. The predicted molar refractivity (Wildman–Crippen MR) is 81.3 cm³/mol. The van der Waals surface area contributed by atoms with Gasteiger partial charge in [0.1, 0.15) is 5.82 Å². The molecule has 1 aromatic heterocycles. The van der Waals surface area contributed by atoms with Crippen molar-refractivity contribution in [3.63, 3.8) is 0 Å². The zero-order valence-corrected chi connectivity index (χ0v) is 13.2. The average molecular weight is 305 g/mol. The van der Waals surface area contributed by atoms with Crippen molar-refractivity contribution in [2.45, 2.75) is 40.2 Å². The molecule has 2 rings (SSSR count). The summed E-state index contributed by atoms with van der Waals surface area (Å²) < 4.78 is 20.1. The molecule has 0 bridgehead atoms. The van der Waals surface area contributed by atoms with Crippen molar-refractivity contribution in [1.82, 2.24) is 14.8 Å². The minimum atomic E-state index is -0.394. The zero-order valence-electron chi connectivity index (χ0n) is 13.2. The van der Waals surface area contributed by atoms with Crippen LogP contribution in [0.5, 0.6) is 6.01 Å². The molecule has 118 valence electrons. The van der Waals surface area contributed by atoms with Gasteiger partial charge in [0.2, 0.25) is 5.91 Å². The topological polar surface area (TPSA) is 57.0 Å². The van der Waals surface area contributed by atoms with Gasteiger partial charge >= 0.3 is 6.01 Å². The Hall–Kier alpha value is -2.24. The molecule has 0 atom stereocenters. The Labute approximate surface area is 129 Å². The molecule has 22 heavy (non-hydrogen) atoms. The van der Waals surface area contributed by atoms with E-state index in [0.717, 1.165) is 0 Å². The fourth-order valence-corrected chi connectivity index (χ4v) is 1.98. The summed E-state index contributed by atoms with van der Waals surface area (Å²) in [7, 11) is 0. The Morgan fingerprint density at radius 1 is 1.32 bits per heavy atom. The van der Waals surface area contributed by atoms with Crippen LogP contribution in [0.3, 0.4) is 0 Å². The van der Waals surface area contributed by atoms with Crippen LogP contribution in [0.15, 0.2) is 24.3 Å². The molecular weight excluding hydrogens is 285 g/mol. The van der Waals surface area contributed by atoms with Crippen LogP contribution in [0.4, 0.5) is 4.39 Å². The van der Waals surface area contributed by atoms with E-state index in [1.54, 1.807) is 12.1 Å². The minimum Gasteiger partial charge on any atom is -0.460 e. The normalized spacial score (nSPS) is 11.2. The molecule has 0 aliphatic carbocycles. The second kappa shape index (κ2) is 6.68. The van der Waals surface area contributed by atoms with Crippen LogP contribution in [0, 0.1) is 11.7 Å². The van der Waals surface area contributed by atoms with Crippen LogP contribution < -0.4 is 4.74 Å². The van der Waals surface area contributed by atoms with E-state index in [-0.39, 0.29) is 23.9 Å². The third kappa shape index (κ3) is 3.90. The summed E-state index contributed by atoms with van der Waals surface area (Å²) in [5.41, 5.74) is 0.489. The third-order valence-electron chi connectivity index (χ3n) is 2.83. The number of aromatic nitrogens is 3. The fraction of sp³-hybridized carbons (Fsp3) is 0.438. The van der Waals surface area contributed by atoms with E-state index in [9.17, 15) is 9.18 Å². The van der Waals surface area contributed by atoms with Gasteiger partial charge in [-0.25, -0.2) is 4.39 Å². The molecule has 0 spiro atoms. The highest BCUT2D eigenvalue weighted by Gasteiger charge is 2.20. The maximum absolute atomic E-state index is 13.4. The number of ether oxygens (including phenoxy) is 1. The van der Waals surface area contributed by atoms with Gasteiger partial charge in [0, 0.05) is 12.0 Å². The molecule has 2 aromatic rings. The highest BCUT2D eigenvalue weighted by Crippen LogP contribution is 2.22. The second-order valence-electron chi connectivity index (χ2n) is 5.80. The lowest BCUT2D eigenvalue weighted by molar-refractivity contribution is 0.0869. The first-order chi connectivity index (χ1) is 10.4. The quantitative estimate of drug-likeness (QED) is 0.847. The van der Waals surface area contributed by atoms with E-state index in [0.29, 0.717) is 17.8 Å². The van der Waals surface area contributed by atoms with E-state index >= 15 is 0 Å². The molecule has 1 heterocycles. The van der Waals surface area contributed by atoms with E-state index in [1.807, 2.05) is 27.7 Å². The minimum absolute atomic E-state index is 0.114. The van der Waals surface area contributed by atoms with Crippen LogP contribution in [0.1, 0.15) is 38.9 Å². The molecule has 0 fully saturated rings. The number of hydrogen-bond acceptors (Lipinski definition) is 4. The van der Waals surface area contributed by atoms with E-state index < -0.39 is 5.82 Å². The van der Waals surface area contributed by atoms with Crippen LogP contribution in [-0.2, 0) is 0 Å². The summed E-state index contributed by atoms with van der Waals surface area (Å²) in [6.07, 6.45) is 0.212. The van der Waals surface area contributed by atoms with Gasteiger partial charge in [-0.3, -0.25) is 4.79 Å². The number of nitrogens with zero attached hydrogens (tertiary/aromatic N) is 3. The number of rotatable bonds is 5. The van der Waals surface area contributed by atoms with Gasteiger partial charge in [0.05, 0.1) is 6.10 Å². The third-order valence-corrected chi connectivity index (χ3v) is 2.83. The Bertz CT molecular complexity index is 665. The van der Waals surface area contributed by atoms with Crippen LogP contribution in [-0.4, -0.2) is 26.8 Å². The van der Waals surface area contributed by atoms with Gasteiger partial charge in [-0.2, -0.15) is 9.67 Å². The molecule has 0 amide bonds. The Morgan fingerprint density at radius 3 is 2.64 bits per heavy atom. The SMILES string of the molecule is CC(C)CC(=O)n1nc(OC(C)C)nc1-c1cccc(F)c1. The number of halogens is 1. The first-order valence-electron chi connectivity index (χ1n) is 7.29. The van der Waals surface area contributed by atoms with Crippen molar-refractivity contribution in [2.24, 2.45) is 5.92 Å². The largest absolute Gasteiger partial charge is 0.460 e. The molecule has 1 aromatic carbocycles. The van der Waals surface area contributed by atoms with Gasteiger partial charge < -0.3 is 4.74 Å². The first kappa shape index (κ1) is 16.1. The number of carbonyl (C=O) groups excluding carboxylic acids is 1. The van der Waals surface area contributed by atoms with E-state index in [1.165, 1.54) is 16.8 Å². The smallest absolute Gasteiger partial charge is 0.336 e. The van der Waals surface area contributed by atoms with Crippen molar-refractivity contribution in [1.29, 1.82) is 0 Å².